The maximum Gasteiger partial charge on any atom is 0.262 e. The first kappa shape index (κ1) is 16.5. The van der Waals surface area contributed by atoms with Crippen molar-refractivity contribution in [3.63, 3.8) is 0 Å². The molecule has 4 rings (SSSR count). The van der Waals surface area contributed by atoms with Crippen LogP contribution in [0.25, 0.3) is 10.9 Å². The van der Waals surface area contributed by atoms with Gasteiger partial charge in [0.1, 0.15) is 0 Å². The first-order valence-corrected chi connectivity index (χ1v) is 10.6. The zero-order valence-electron chi connectivity index (χ0n) is 13.6. The van der Waals surface area contributed by atoms with Crippen molar-refractivity contribution in [2.45, 2.75) is 28.9 Å². The summed E-state index contributed by atoms with van der Waals surface area (Å²) in [7, 11) is -1.03. The van der Waals surface area contributed by atoms with Crippen molar-refractivity contribution in [3.8, 4) is 0 Å². The van der Waals surface area contributed by atoms with Crippen molar-refractivity contribution >= 4 is 33.5 Å². The molecule has 1 aliphatic rings. The van der Waals surface area contributed by atoms with Crippen molar-refractivity contribution in [2.24, 2.45) is 0 Å². The van der Waals surface area contributed by atoms with Gasteiger partial charge in [0.25, 0.3) is 5.56 Å². The lowest BCUT2D eigenvalue weighted by Crippen LogP contribution is -2.22. The van der Waals surface area contributed by atoms with Crippen molar-refractivity contribution in [2.75, 3.05) is 11.5 Å². The lowest BCUT2D eigenvalue weighted by molar-refractivity contribution is 0.618. The Morgan fingerprint density at radius 2 is 1.80 bits per heavy atom. The molecule has 25 heavy (non-hydrogen) atoms. The summed E-state index contributed by atoms with van der Waals surface area (Å²) in [5.41, 5.74) is 0.774. The molecule has 0 radical (unpaired) electrons. The van der Waals surface area contributed by atoms with E-state index >= 15 is 0 Å². The minimum atomic E-state index is -1.03. The number of para-hydroxylation sites is 1. The predicted molar refractivity (Wildman–Crippen MR) is 103 cm³/mol. The molecule has 3 aromatic rings. The van der Waals surface area contributed by atoms with E-state index in [4.69, 9.17) is 4.98 Å². The Hall–Kier alpha value is -1.92. The fourth-order valence-electron chi connectivity index (χ4n) is 2.78. The van der Waals surface area contributed by atoms with Gasteiger partial charge in [0.05, 0.1) is 21.7 Å². The van der Waals surface area contributed by atoms with Crippen LogP contribution in [-0.2, 0) is 10.8 Å². The molecule has 1 aliphatic carbocycles. The first-order chi connectivity index (χ1) is 12.2. The maximum atomic E-state index is 12.8. The number of hydrogen-bond donors (Lipinski definition) is 0. The lowest BCUT2D eigenvalue weighted by Gasteiger charge is -2.12. The highest BCUT2D eigenvalue weighted by Gasteiger charge is 2.28. The molecule has 0 aliphatic heterocycles. The second-order valence-corrected chi connectivity index (χ2v) is 8.66. The topological polar surface area (TPSA) is 52.0 Å². The molecule has 128 valence electrons. The molecule has 1 fully saturated rings. The Balaban J connectivity index is 1.56. The third-order valence-electron chi connectivity index (χ3n) is 4.19. The molecule has 0 amide bonds. The monoisotopic (exact) mass is 370 g/mol. The fourth-order valence-corrected chi connectivity index (χ4v) is 5.13. The quantitative estimate of drug-likeness (QED) is 0.491. The van der Waals surface area contributed by atoms with Crippen LogP contribution in [0.5, 0.6) is 0 Å². The molecule has 6 heteroatoms. The smallest absolute Gasteiger partial charge is 0.262 e. The van der Waals surface area contributed by atoms with E-state index in [9.17, 15) is 9.00 Å². The molecule has 0 N–H and O–H groups in total. The number of hydrogen-bond acceptors (Lipinski definition) is 4. The normalized spacial score (nSPS) is 15.4. The number of thioether (sulfide) groups is 1. The maximum absolute atomic E-state index is 12.8. The van der Waals surface area contributed by atoms with E-state index in [-0.39, 0.29) is 11.6 Å². The fraction of sp³-hybridized carbons (Fsp3) is 0.263. The van der Waals surface area contributed by atoms with E-state index in [2.05, 4.69) is 0 Å². The largest absolute Gasteiger partial charge is 0.284 e. The second-order valence-electron chi connectivity index (χ2n) is 6.03. The van der Waals surface area contributed by atoms with Gasteiger partial charge < -0.3 is 0 Å². The molecule has 4 nitrogen and oxygen atoms in total. The SMILES string of the molecule is O=c1c2ccccc2nc(SCC[S@@](=O)c2ccccc2)n1C1CC1. The summed E-state index contributed by atoms with van der Waals surface area (Å²) in [6, 6.07) is 17.2. The van der Waals surface area contributed by atoms with Crippen LogP contribution in [0, 0.1) is 0 Å². The van der Waals surface area contributed by atoms with Crippen molar-refractivity contribution < 1.29 is 4.21 Å². The van der Waals surface area contributed by atoms with Gasteiger partial charge in [-0.3, -0.25) is 13.6 Å². The van der Waals surface area contributed by atoms with Crippen molar-refractivity contribution in [1.29, 1.82) is 0 Å². The molecular formula is C19H18N2O2S2. The van der Waals surface area contributed by atoms with Crippen LogP contribution in [0.1, 0.15) is 18.9 Å². The van der Waals surface area contributed by atoms with Crippen LogP contribution in [0.15, 0.2) is 69.4 Å². The van der Waals surface area contributed by atoms with Gasteiger partial charge in [-0.15, -0.1) is 0 Å². The highest BCUT2D eigenvalue weighted by atomic mass is 32.2. The zero-order chi connectivity index (χ0) is 17.2. The summed E-state index contributed by atoms with van der Waals surface area (Å²) in [6.07, 6.45) is 2.06. The first-order valence-electron chi connectivity index (χ1n) is 8.31. The summed E-state index contributed by atoms with van der Waals surface area (Å²) >= 11 is 1.53. The Morgan fingerprint density at radius 3 is 2.56 bits per heavy atom. The predicted octanol–water partition coefficient (Wildman–Crippen LogP) is 3.63. The van der Waals surface area contributed by atoms with Crippen molar-refractivity contribution in [1.82, 2.24) is 9.55 Å². The van der Waals surface area contributed by atoms with Gasteiger partial charge in [-0.05, 0) is 37.1 Å². The van der Waals surface area contributed by atoms with Gasteiger partial charge >= 0.3 is 0 Å². The van der Waals surface area contributed by atoms with E-state index in [0.29, 0.717) is 16.9 Å². The zero-order valence-corrected chi connectivity index (χ0v) is 15.3. The van der Waals surface area contributed by atoms with Crippen LogP contribution >= 0.6 is 11.8 Å². The van der Waals surface area contributed by atoms with E-state index in [1.54, 1.807) is 0 Å². The number of rotatable bonds is 6. The summed E-state index contributed by atoms with van der Waals surface area (Å²) in [5, 5.41) is 1.42. The molecule has 2 aromatic carbocycles. The third-order valence-corrected chi connectivity index (χ3v) is 6.78. The van der Waals surface area contributed by atoms with Gasteiger partial charge in [0.15, 0.2) is 5.16 Å². The van der Waals surface area contributed by atoms with E-state index in [1.165, 1.54) is 11.8 Å². The van der Waals surface area contributed by atoms with Gasteiger partial charge in [0.2, 0.25) is 0 Å². The third kappa shape index (κ3) is 3.55. The Kier molecular flexibility index (Phi) is 4.72. The van der Waals surface area contributed by atoms with Gasteiger partial charge in [0, 0.05) is 22.4 Å². The molecule has 0 saturated heterocycles. The highest BCUT2D eigenvalue weighted by molar-refractivity contribution is 8.00. The molecule has 1 aromatic heterocycles. The minimum Gasteiger partial charge on any atom is -0.284 e. The summed E-state index contributed by atoms with van der Waals surface area (Å²) in [5.74, 6) is 1.21. The number of benzene rings is 2. The second kappa shape index (κ2) is 7.14. The molecule has 1 atom stereocenters. The Bertz CT molecular complexity index is 982. The van der Waals surface area contributed by atoms with E-state index in [0.717, 1.165) is 28.4 Å². The van der Waals surface area contributed by atoms with Gasteiger partial charge in [-0.25, -0.2) is 4.98 Å². The van der Waals surface area contributed by atoms with Gasteiger partial charge in [-0.1, -0.05) is 42.1 Å². The average molecular weight is 370 g/mol. The molecule has 1 saturated carbocycles. The molecule has 0 bridgehead atoms. The van der Waals surface area contributed by atoms with Crippen LogP contribution in [0.4, 0.5) is 0 Å². The minimum absolute atomic E-state index is 0.0415. The number of fused-ring (bicyclic) bond motifs is 1. The number of aromatic nitrogens is 2. The lowest BCUT2D eigenvalue weighted by atomic mass is 10.2. The summed E-state index contributed by atoms with van der Waals surface area (Å²) in [6.45, 7) is 0. The standard InChI is InChI=1S/C19H18N2O2S2/c22-18-16-8-4-5-9-17(16)20-19(21(18)14-10-11-14)24-12-13-25(23)15-6-2-1-3-7-15/h1-9,14H,10-13H2/t25-/m1/s1. The molecular weight excluding hydrogens is 352 g/mol. The average Bonchev–Trinajstić information content (AvgIpc) is 3.47. The summed E-state index contributed by atoms with van der Waals surface area (Å²) < 4.78 is 14.2. The van der Waals surface area contributed by atoms with Crippen LogP contribution in [-0.4, -0.2) is 25.3 Å². The number of nitrogens with zero attached hydrogens (tertiary/aromatic N) is 2. The van der Waals surface area contributed by atoms with Crippen molar-refractivity contribution in [3.05, 3.63) is 65.0 Å². The molecule has 0 spiro atoms. The van der Waals surface area contributed by atoms with Crippen LogP contribution in [0.3, 0.4) is 0 Å². The summed E-state index contributed by atoms with van der Waals surface area (Å²) in [4.78, 5) is 18.3. The molecule has 1 heterocycles. The van der Waals surface area contributed by atoms with E-state index in [1.807, 2.05) is 59.2 Å². The Morgan fingerprint density at radius 1 is 1.08 bits per heavy atom. The van der Waals surface area contributed by atoms with E-state index < -0.39 is 10.8 Å². The van der Waals surface area contributed by atoms with Crippen LogP contribution < -0.4 is 5.56 Å². The van der Waals surface area contributed by atoms with Gasteiger partial charge in [-0.2, -0.15) is 0 Å². The Labute approximate surface area is 152 Å². The highest BCUT2D eigenvalue weighted by Crippen LogP contribution is 2.36. The van der Waals surface area contributed by atoms with Crippen LogP contribution in [0.2, 0.25) is 0 Å². The molecule has 0 unspecified atom stereocenters.